The van der Waals surface area contributed by atoms with E-state index in [1.54, 1.807) is 38.4 Å². The predicted octanol–water partition coefficient (Wildman–Crippen LogP) is 6.51. The molecular weight excluding hydrogens is 541 g/mol. The Hall–Kier alpha value is -4.71. The summed E-state index contributed by atoms with van der Waals surface area (Å²) < 4.78 is 71.2. The Labute approximate surface area is 228 Å². The standard InChI is InChI=1S/C28H23F3N6O2S/c1-18-8-9-24(15-26(18)35-27-32-11-10-25(34-27)20-6-4-3-5-7-20)40(38,39)36-22-12-21(28(29,30)31)13-23(14-22)37-16-19(2)33-17-37/h3-17,36H,1-2H3,(H,32,34,35). The SMILES string of the molecule is Cc1cn(-c2cc(NS(=O)(=O)c3ccc(C)c(Nc4nccc(-c5ccccc5)n4)c3)cc(C(F)(F)F)c2)cn1. The van der Waals surface area contributed by atoms with Crippen LogP contribution in [0.25, 0.3) is 16.9 Å². The third-order valence-corrected chi connectivity index (χ3v) is 7.38. The lowest BCUT2D eigenvalue weighted by atomic mass is 10.1. The van der Waals surface area contributed by atoms with Gasteiger partial charge in [-0.3, -0.25) is 4.72 Å². The summed E-state index contributed by atoms with van der Waals surface area (Å²) in [6.45, 7) is 3.47. The van der Waals surface area contributed by atoms with Gasteiger partial charge in [0.2, 0.25) is 5.95 Å². The molecule has 0 aliphatic rings. The summed E-state index contributed by atoms with van der Waals surface area (Å²) in [6.07, 6.45) is -0.209. The van der Waals surface area contributed by atoms with Crippen LogP contribution in [0.4, 0.5) is 30.5 Å². The van der Waals surface area contributed by atoms with Crippen LogP contribution < -0.4 is 10.0 Å². The minimum Gasteiger partial charge on any atom is -0.324 e. The molecular formula is C28H23F3N6O2S. The van der Waals surface area contributed by atoms with Crippen LogP contribution in [0.1, 0.15) is 16.8 Å². The average Bonchev–Trinajstić information content (AvgIpc) is 3.36. The minimum absolute atomic E-state index is 0.106. The fraction of sp³-hybridized carbons (Fsp3) is 0.107. The van der Waals surface area contributed by atoms with Crippen LogP contribution in [0.15, 0.2) is 96.4 Å². The molecule has 0 saturated heterocycles. The Morgan fingerprint density at radius 2 is 1.68 bits per heavy atom. The van der Waals surface area contributed by atoms with Crippen molar-refractivity contribution in [2.45, 2.75) is 24.9 Å². The van der Waals surface area contributed by atoms with Gasteiger partial charge in [-0.1, -0.05) is 36.4 Å². The van der Waals surface area contributed by atoms with Gasteiger partial charge < -0.3 is 9.88 Å². The summed E-state index contributed by atoms with van der Waals surface area (Å²) in [4.78, 5) is 12.6. The summed E-state index contributed by atoms with van der Waals surface area (Å²) in [7, 11) is -4.28. The Morgan fingerprint density at radius 3 is 2.38 bits per heavy atom. The van der Waals surface area contributed by atoms with Gasteiger partial charge in [0.05, 0.1) is 33.9 Å². The van der Waals surface area contributed by atoms with Crippen LogP contribution in [-0.4, -0.2) is 27.9 Å². The number of aryl methyl sites for hydroxylation is 2. The molecule has 0 fully saturated rings. The first kappa shape index (κ1) is 26.9. The van der Waals surface area contributed by atoms with Gasteiger partial charge in [0.25, 0.3) is 10.0 Å². The van der Waals surface area contributed by atoms with E-state index in [-0.39, 0.29) is 22.2 Å². The predicted molar refractivity (Wildman–Crippen MR) is 146 cm³/mol. The normalized spacial score (nSPS) is 11.8. The first-order chi connectivity index (χ1) is 19.0. The van der Waals surface area contributed by atoms with Crippen molar-refractivity contribution in [1.82, 2.24) is 19.5 Å². The Morgan fingerprint density at radius 1 is 0.900 bits per heavy atom. The van der Waals surface area contributed by atoms with E-state index in [0.717, 1.165) is 17.7 Å². The molecule has 2 N–H and O–H groups in total. The van der Waals surface area contributed by atoms with Crippen molar-refractivity contribution in [1.29, 1.82) is 0 Å². The summed E-state index contributed by atoms with van der Waals surface area (Å²) in [5, 5.41) is 3.05. The number of imidazole rings is 1. The molecule has 0 amide bonds. The van der Waals surface area contributed by atoms with Gasteiger partial charge in [-0.15, -0.1) is 0 Å². The maximum absolute atomic E-state index is 13.6. The monoisotopic (exact) mass is 564 g/mol. The number of benzene rings is 3. The van der Waals surface area contributed by atoms with Crippen LogP contribution in [0.5, 0.6) is 0 Å². The van der Waals surface area contributed by atoms with Gasteiger partial charge in [-0.05, 0) is 55.8 Å². The maximum Gasteiger partial charge on any atom is 0.416 e. The van der Waals surface area contributed by atoms with E-state index in [9.17, 15) is 21.6 Å². The van der Waals surface area contributed by atoms with Gasteiger partial charge >= 0.3 is 6.18 Å². The Balaban J connectivity index is 1.45. The molecule has 40 heavy (non-hydrogen) atoms. The van der Waals surface area contributed by atoms with Crippen molar-refractivity contribution >= 4 is 27.3 Å². The van der Waals surface area contributed by atoms with E-state index in [0.29, 0.717) is 22.6 Å². The molecule has 3 aromatic carbocycles. The molecule has 0 aliphatic heterocycles. The number of sulfonamides is 1. The number of aromatic nitrogens is 4. The number of rotatable bonds is 7. The highest BCUT2D eigenvalue weighted by Gasteiger charge is 2.32. The van der Waals surface area contributed by atoms with E-state index < -0.39 is 21.8 Å². The van der Waals surface area contributed by atoms with Crippen molar-refractivity contribution in [3.8, 4) is 16.9 Å². The molecule has 0 bridgehead atoms. The van der Waals surface area contributed by atoms with Crippen LogP contribution in [0.3, 0.4) is 0 Å². The molecule has 2 aromatic heterocycles. The number of hydrogen-bond donors (Lipinski definition) is 2. The van der Waals surface area contributed by atoms with Crippen LogP contribution in [0, 0.1) is 13.8 Å². The second-order valence-corrected chi connectivity index (χ2v) is 10.7. The molecule has 0 aliphatic carbocycles. The Kier molecular flexibility index (Phi) is 7.03. The number of alkyl halides is 3. The lowest BCUT2D eigenvalue weighted by molar-refractivity contribution is -0.137. The van der Waals surface area contributed by atoms with E-state index in [1.165, 1.54) is 29.1 Å². The lowest BCUT2D eigenvalue weighted by Crippen LogP contribution is -2.15. The summed E-state index contributed by atoms with van der Waals surface area (Å²) in [6, 6.07) is 18.6. The second kappa shape index (κ2) is 10.5. The fourth-order valence-electron chi connectivity index (χ4n) is 3.97. The maximum atomic E-state index is 13.6. The van der Waals surface area contributed by atoms with Crippen molar-refractivity contribution in [3.05, 3.63) is 108 Å². The van der Waals surface area contributed by atoms with Crippen molar-refractivity contribution < 1.29 is 21.6 Å². The molecule has 8 nitrogen and oxygen atoms in total. The van der Waals surface area contributed by atoms with Crippen molar-refractivity contribution in [2.24, 2.45) is 0 Å². The van der Waals surface area contributed by atoms with Gasteiger partial charge in [0.1, 0.15) is 0 Å². The zero-order chi connectivity index (χ0) is 28.5. The van der Waals surface area contributed by atoms with Gasteiger partial charge in [0.15, 0.2) is 0 Å². The summed E-state index contributed by atoms with van der Waals surface area (Å²) in [5.74, 6) is 0.255. The van der Waals surface area contributed by atoms with Crippen LogP contribution >= 0.6 is 0 Å². The molecule has 0 atom stereocenters. The van der Waals surface area contributed by atoms with Gasteiger partial charge in [-0.2, -0.15) is 13.2 Å². The highest BCUT2D eigenvalue weighted by atomic mass is 32.2. The topological polar surface area (TPSA) is 102 Å². The average molecular weight is 565 g/mol. The van der Waals surface area contributed by atoms with Crippen LogP contribution in [0.2, 0.25) is 0 Å². The highest BCUT2D eigenvalue weighted by Crippen LogP contribution is 2.34. The lowest BCUT2D eigenvalue weighted by Gasteiger charge is -2.15. The minimum atomic E-state index is -4.69. The third kappa shape index (κ3) is 5.96. The zero-order valence-corrected chi connectivity index (χ0v) is 22.1. The first-order valence-electron chi connectivity index (χ1n) is 12.0. The molecule has 0 unspecified atom stereocenters. The van der Waals surface area contributed by atoms with E-state index in [2.05, 4.69) is 25.0 Å². The molecule has 0 radical (unpaired) electrons. The number of hydrogen-bond acceptors (Lipinski definition) is 6. The molecule has 5 rings (SSSR count). The number of halogens is 3. The number of nitrogens with one attached hydrogen (secondary N) is 2. The Bertz CT molecular complexity index is 1790. The van der Waals surface area contributed by atoms with Crippen LogP contribution in [-0.2, 0) is 16.2 Å². The number of anilines is 3. The van der Waals surface area contributed by atoms with Gasteiger partial charge in [0, 0.05) is 29.3 Å². The fourth-order valence-corrected chi connectivity index (χ4v) is 5.04. The molecule has 2 heterocycles. The van der Waals surface area contributed by atoms with Crippen molar-refractivity contribution in [2.75, 3.05) is 10.0 Å². The smallest absolute Gasteiger partial charge is 0.324 e. The first-order valence-corrected chi connectivity index (χ1v) is 13.5. The zero-order valence-electron chi connectivity index (χ0n) is 21.3. The molecule has 12 heteroatoms. The second-order valence-electron chi connectivity index (χ2n) is 9.03. The third-order valence-electron chi connectivity index (χ3n) is 6.00. The molecule has 0 spiro atoms. The number of nitrogens with zero attached hydrogens (tertiary/aromatic N) is 4. The van der Waals surface area contributed by atoms with Crippen molar-refractivity contribution in [3.63, 3.8) is 0 Å². The van der Waals surface area contributed by atoms with Gasteiger partial charge in [-0.25, -0.2) is 23.4 Å². The summed E-state index contributed by atoms with van der Waals surface area (Å²) in [5.41, 5.74) is 2.15. The van der Waals surface area contributed by atoms with E-state index in [4.69, 9.17) is 0 Å². The highest BCUT2D eigenvalue weighted by molar-refractivity contribution is 7.92. The molecule has 204 valence electrons. The summed E-state index contributed by atoms with van der Waals surface area (Å²) >= 11 is 0. The van der Waals surface area contributed by atoms with E-state index >= 15 is 0 Å². The largest absolute Gasteiger partial charge is 0.416 e. The van der Waals surface area contributed by atoms with E-state index in [1.807, 2.05) is 30.3 Å². The quantitative estimate of drug-likeness (QED) is 0.234. The molecule has 5 aromatic rings. The molecule has 0 saturated carbocycles.